The number of rotatable bonds is 5. The molecule has 2 aromatic rings. The van der Waals surface area contributed by atoms with Gasteiger partial charge in [0, 0.05) is 21.3 Å². The van der Waals surface area contributed by atoms with Gasteiger partial charge < -0.3 is 10.4 Å². The largest absolute Gasteiger partial charge is 0.394 e. The lowest BCUT2D eigenvalue weighted by molar-refractivity contribution is 0.245. The van der Waals surface area contributed by atoms with Crippen molar-refractivity contribution in [3.05, 3.63) is 56.7 Å². The van der Waals surface area contributed by atoms with Crippen LogP contribution in [0.4, 0.5) is 0 Å². The Labute approximate surface area is 113 Å². The maximum Gasteiger partial charge on any atom is 0.0652 e. The molecule has 0 radical (unpaired) electrons. The van der Waals surface area contributed by atoms with Crippen LogP contribution in [0.2, 0.25) is 0 Å². The van der Waals surface area contributed by atoms with Crippen LogP contribution in [-0.4, -0.2) is 11.7 Å². The van der Waals surface area contributed by atoms with E-state index in [1.54, 1.807) is 11.3 Å². The number of nitrogens with one attached hydrogen (secondary N) is 1. The second kappa shape index (κ2) is 6.31. The van der Waals surface area contributed by atoms with E-state index in [-0.39, 0.29) is 12.6 Å². The molecule has 1 unspecified atom stereocenters. The number of aliphatic hydroxyl groups is 1. The Balaban J connectivity index is 1.97. The van der Waals surface area contributed by atoms with Crippen molar-refractivity contribution in [1.82, 2.24) is 5.32 Å². The Hall–Kier alpha value is -0.680. The van der Waals surface area contributed by atoms with Crippen LogP contribution in [-0.2, 0) is 6.54 Å². The zero-order valence-electron chi connectivity index (χ0n) is 9.27. The maximum absolute atomic E-state index is 9.40. The zero-order valence-corrected chi connectivity index (χ0v) is 11.7. The number of thiophene rings is 1. The predicted octanol–water partition coefficient (Wildman–Crippen LogP) is 3.33. The van der Waals surface area contributed by atoms with Crippen LogP contribution in [0.1, 0.15) is 16.5 Å². The molecule has 0 aliphatic heterocycles. The van der Waals surface area contributed by atoms with Crippen LogP contribution in [0.5, 0.6) is 0 Å². The lowest BCUT2D eigenvalue weighted by Gasteiger charge is -2.14. The summed E-state index contributed by atoms with van der Waals surface area (Å²) in [5.41, 5.74) is 1.22. The van der Waals surface area contributed by atoms with Crippen molar-refractivity contribution in [2.24, 2.45) is 0 Å². The summed E-state index contributed by atoms with van der Waals surface area (Å²) in [4.78, 5) is 1.15. The third kappa shape index (κ3) is 3.64. The minimum absolute atomic E-state index is 0.00602. The van der Waals surface area contributed by atoms with Crippen LogP contribution < -0.4 is 5.32 Å². The molecule has 0 amide bonds. The third-order valence-corrected chi connectivity index (χ3v) is 4.32. The average molecular weight is 312 g/mol. The van der Waals surface area contributed by atoms with Gasteiger partial charge in [-0.15, -0.1) is 11.3 Å². The van der Waals surface area contributed by atoms with Crippen molar-refractivity contribution in [2.45, 2.75) is 12.6 Å². The van der Waals surface area contributed by atoms with Gasteiger partial charge in [-0.1, -0.05) is 30.3 Å². The lowest BCUT2D eigenvalue weighted by Crippen LogP contribution is -2.23. The van der Waals surface area contributed by atoms with Gasteiger partial charge in [-0.25, -0.2) is 0 Å². The molecule has 2 nitrogen and oxygen atoms in total. The predicted molar refractivity (Wildman–Crippen MR) is 75.1 cm³/mol. The molecular weight excluding hydrogens is 298 g/mol. The molecule has 0 spiro atoms. The summed E-state index contributed by atoms with van der Waals surface area (Å²) in [5, 5.41) is 14.8. The van der Waals surface area contributed by atoms with Gasteiger partial charge in [0.1, 0.15) is 0 Å². The fourth-order valence-electron chi connectivity index (χ4n) is 1.60. The van der Waals surface area contributed by atoms with Gasteiger partial charge in [0.25, 0.3) is 0 Å². The molecule has 1 heterocycles. The molecule has 17 heavy (non-hydrogen) atoms. The van der Waals surface area contributed by atoms with Crippen LogP contribution in [0.15, 0.2) is 46.3 Å². The zero-order chi connectivity index (χ0) is 12.1. The molecule has 4 heteroatoms. The minimum atomic E-state index is 0.00602. The van der Waals surface area contributed by atoms with Crippen LogP contribution in [0.3, 0.4) is 0 Å². The van der Waals surface area contributed by atoms with Gasteiger partial charge >= 0.3 is 0 Å². The summed E-state index contributed by atoms with van der Waals surface area (Å²) < 4.78 is 1.07. The molecule has 0 aliphatic rings. The van der Waals surface area contributed by atoms with E-state index in [9.17, 15) is 5.11 Å². The SMILES string of the molecule is OCC(NCc1ccccc1)c1cc(Br)cs1. The van der Waals surface area contributed by atoms with Crippen LogP contribution in [0.25, 0.3) is 0 Å². The summed E-state index contributed by atoms with van der Waals surface area (Å²) in [7, 11) is 0. The second-order valence-electron chi connectivity index (χ2n) is 3.77. The minimum Gasteiger partial charge on any atom is -0.394 e. The van der Waals surface area contributed by atoms with E-state index in [1.165, 1.54) is 5.56 Å². The van der Waals surface area contributed by atoms with E-state index < -0.39 is 0 Å². The fraction of sp³-hybridized carbons (Fsp3) is 0.231. The van der Waals surface area contributed by atoms with Crippen molar-refractivity contribution in [3.63, 3.8) is 0 Å². The van der Waals surface area contributed by atoms with E-state index in [0.717, 1.165) is 15.9 Å². The monoisotopic (exact) mass is 311 g/mol. The summed E-state index contributed by atoms with van der Waals surface area (Å²) in [6.07, 6.45) is 0. The first kappa shape index (κ1) is 12.8. The lowest BCUT2D eigenvalue weighted by atomic mass is 10.2. The number of aliphatic hydroxyl groups excluding tert-OH is 1. The van der Waals surface area contributed by atoms with Crippen LogP contribution >= 0.6 is 27.3 Å². The highest BCUT2D eigenvalue weighted by atomic mass is 79.9. The number of benzene rings is 1. The molecule has 0 aliphatic carbocycles. The van der Waals surface area contributed by atoms with Crippen molar-refractivity contribution in [1.29, 1.82) is 0 Å². The molecule has 90 valence electrons. The molecule has 1 aromatic carbocycles. The molecule has 2 rings (SSSR count). The molecular formula is C13H14BrNOS. The number of halogens is 1. The molecule has 0 fully saturated rings. The summed E-state index contributed by atoms with van der Waals surface area (Å²) in [5.74, 6) is 0. The number of hydrogen-bond donors (Lipinski definition) is 2. The molecule has 0 bridgehead atoms. The molecule has 0 saturated carbocycles. The third-order valence-electron chi connectivity index (χ3n) is 2.51. The average Bonchev–Trinajstić information content (AvgIpc) is 2.78. The first-order chi connectivity index (χ1) is 8.29. The quantitative estimate of drug-likeness (QED) is 0.887. The van der Waals surface area contributed by atoms with E-state index in [2.05, 4.69) is 33.4 Å². The van der Waals surface area contributed by atoms with Gasteiger partial charge in [0.15, 0.2) is 0 Å². The fourth-order valence-corrected chi connectivity index (χ4v) is 3.12. The summed E-state index contributed by atoms with van der Waals surface area (Å²) in [6.45, 7) is 0.876. The highest BCUT2D eigenvalue weighted by Gasteiger charge is 2.11. The maximum atomic E-state index is 9.40. The molecule has 2 N–H and O–H groups in total. The molecule has 1 atom stereocenters. The van der Waals surface area contributed by atoms with Crippen molar-refractivity contribution in [3.8, 4) is 0 Å². The molecule has 1 aromatic heterocycles. The Bertz CT molecular complexity index is 457. The Morgan fingerprint density at radius 3 is 2.65 bits per heavy atom. The first-order valence-electron chi connectivity index (χ1n) is 5.41. The standard InChI is InChI=1S/C13H14BrNOS/c14-11-6-13(17-9-11)12(8-16)15-7-10-4-2-1-3-5-10/h1-6,9,12,15-16H,7-8H2. The Morgan fingerprint density at radius 2 is 2.06 bits per heavy atom. The van der Waals surface area contributed by atoms with Gasteiger partial charge in [0.05, 0.1) is 12.6 Å². The Kier molecular flexibility index (Phi) is 4.74. The normalized spacial score (nSPS) is 12.6. The smallest absolute Gasteiger partial charge is 0.0652 e. The van der Waals surface area contributed by atoms with Gasteiger partial charge in [0.2, 0.25) is 0 Å². The first-order valence-corrected chi connectivity index (χ1v) is 7.09. The second-order valence-corrected chi connectivity index (χ2v) is 5.63. The van der Waals surface area contributed by atoms with E-state index >= 15 is 0 Å². The van der Waals surface area contributed by atoms with E-state index in [1.807, 2.05) is 29.6 Å². The van der Waals surface area contributed by atoms with Gasteiger partial charge in [-0.05, 0) is 27.6 Å². The van der Waals surface area contributed by atoms with E-state index in [4.69, 9.17) is 0 Å². The number of hydrogen-bond acceptors (Lipinski definition) is 3. The van der Waals surface area contributed by atoms with E-state index in [0.29, 0.717) is 0 Å². The van der Waals surface area contributed by atoms with Gasteiger partial charge in [-0.3, -0.25) is 0 Å². The van der Waals surface area contributed by atoms with Gasteiger partial charge in [-0.2, -0.15) is 0 Å². The topological polar surface area (TPSA) is 32.3 Å². The summed E-state index contributed by atoms with van der Waals surface area (Å²) >= 11 is 5.07. The van der Waals surface area contributed by atoms with Crippen molar-refractivity contribution in [2.75, 3.05) is 6.61 Å². The Morgan fingerprint density at radius 1 is 1.29 bits per heavy atom. The highest BCUT2D eigenvalue weighted by molar-refractivity contribution is 9.10. The van der Waals surface area contributed by atoms with Crippen molar-refractivity contribution >= 4 is 27.3 Å². The summed E-state index contributed by atoms with van der Waals surface area (Å²) in [6, 6.07) is 12.2. The van der Waals surface area contributed by atoms with Crippen LogP contribution in [0, 0.1) is 0 Å². The van der Waals surface area contributed by atoms with Crippen molar-refractivity contribution < 1.29 is 5.11 Å². The molecule has 0 saturated heterocycles. The highest BCUT2D eigenvalue weighted by Crippen LogP contribution is 2.25.